The summed E-state index contributed by atoms with van der Waals surface area (Å²) in [6.07, 6.45) is 8.31. The van der Waals surface area contributed by atoms with Crippen molar-refractivity contribution in [3.63, 3.8) is 0 Å². The first kappa shape index (κ1) is 17.7. The first-order valence-electron chi connectivity index (χ1n) is 9.44. The topological polar surface area (TPSA) is 64.3 Å². The molecule has 27 heavy (non-hydrogen) atoms. The van der Waals surface area contributed by atoms with Crippen LogP contribution in [-0.4, -0.2) is 33.7 Å². The van der Waals surface area contributed by atoms with E-state index in [4.69, 9.17) is 9.26 Å². The lowest BCUT2D eigenvalue weighted by molar-refractivity contribution is 0.168. The lowest BCUT2D eigenvalue weighted by Gasteiger charge is -2.29. The maximum Gasteiger partial charge on any atom is 0.241 e. The molecule has 140 valence electrons. The standard InChI is InChI=1S/C21H24N4O2/c1-26-18-10-8-16(9-11-18)19-7-3-2-4-13-25(19)15-20-23-21(24-27-20)17-6-5-12-22-14-17/h5-6,8-12,14,19H,2-4,7,13,15H2,1H3/t19-/m1/s1. The van der Waals surface area contributed by atoms with E-state index in [1.54, 1.807) is 19.5 Å². The first-order valence-corrected chi connectivity index (χ1v) is 9.44. The lowest BCUT2D eigenvalue weighted by Crippen LogP contribution is -2.28. The lowest BCUT2D eigenvalue weighted by atomic mass is 10.0. The molecule has 0 amide bonds. The largest absolute Gasteiger partial charge is 0.497 e. The molecule has 4 rings (SSSR count). The summed E-state index contributed by atoms with van der Waals surface area (Å²) in [5.74, 6) is 2.13. The molecule has 1 aliphatic rings. The van der Waals surface area contributed by atoms with Crippen LogP contribution in [0.5, 0.6) is 5.75 Å². The second-order valence-corrected chi connectivity index (χ2v) is 6.86. The average Bonchev–Trinajstić information content (AvgIpc) is 3.07. The van der Waals surface area contributed by atoms with Crippen molar-refractivity contribution in [3.8, 4) is 17.1 Å². The van der Waals surface area contributed by atoms with E-state index in [-0.39, 0.29) is 0 Å². The zero-order valence-corrected chi connectivity index (χ0v) is 15.5. The average molecular weight is 364 g/mol. The SMILES string of the molecule is COc1ccc([C@H]2CCCCCN2Cc2nc(-c3cccnc3)no2)cc1. The van der Waals surface area contributed by atoms with E-state index in [0.29, 0.717) is 24.3 Å². The Bertz CT molecular complexity index is 848. The van der Waals surface area contributed by atoms with Gasteiger partial charge in [0.1, 0.15) is 5.75 Å². The Labute approximate surface area is 159 Å². The molecule has 1 fully saturated rings. The fourth-order valence-electron chi connectivity index (χ4n) is 3.67. The second kappa shape index (κ2) is 8.31. The molecule has 0 N–H and O–H groups in total. The summed E-state index contributed by atoms with van der Waals surface area (Å²) in [5, 5.41) is 4.13. The van der Waals surface area contributed by atoms with E-state index >= 15 is 0 Å². The Kier molecular flexibility index (Phi) is 5.44. The molecular formula is C21H24N4O2. The number of pyridine rings is 1. The second-order valence-electron chi connectivity index (χ2n) is 6.86. The summed E-state index contributed by atoms with van der Waals surface area (Å²) < 4.78 is 10.8. The monoisotopic (exact) mass is 364 g/mol. The van der Waals surface area contributed by atoms with Crippen molar-refractivity contribution in [1.82, 2.24) is 20.0 Å². The van der Waals surface area contributed by atoms with Crippen LogP contribution in [0.1, 0.15) is 43.2 Å². The van der Waals surface area contributed by atoms with Gasteiger partial charge in [-0.25, -0.2) is 0 Å². The van der Waals surface area contributed by atoms with Crippen molar-refractivity contribution >= 4 is 0 Å². The highest BCUT2D eigenvalue weighted by Crippen LogP contribution is 2.32. The predicted molar refractivity (Wildman–Crippen MR) is 102 cm³/mol. The van der Waals surface area contributed by atoms with E-state index < -0.39 is 0 Å². The van der Waals surface area contributed by atoms with Gasteiger partial charge in [0.2, 0.25) is 11.7 Å². The Morgan fingerprint density at radius 2 is 2.04 bits per heavy atom. The summed E-state index contributed by atoms with van der Waals surface area (Å²) in [5.41, 5.74) is 2.18. The summed E-state index contributed by atoms with van der Waals surface area (Å²) in [6, 6.07) is 12.6. The van der Waals surface area contributed by atoms with E-state index in [1.807, 2.05) is 24.3 Å². The highest BCUT2D eigenvalue weighted by atomic mass is 16.5. The predicted octanol–water partition coefficient (Wildman–Crippen LogP) is 4.26. The van der Waals surface area contributed by atoms with Gasteiger partial charge in [0.15, 0.2) is 0 Å². The number of rotatable bonds is 5. The van der Waals surface area contributed by atoms with Crippen molar-refractivity contribution in [2.24, 2.45) is 0 Å². The minimum absolute atomic E-state index is 0.354. The molecule has 0 saturated carbocycles. The smallest absolute Gasteiger partial charge is 0.241 e. The van der Waals surface area contributed by atoms with Crippen LogP contribution in [-0.2, 0) is 6.54 Å². The Balaban J connectivity index is 1.53. The van der Waals surface area contributed by atoms with Crippen LogP contribution in [0.4, 0.5) is 0 Å². The van der Waals surface area contributed by atoms with Crippen molar-refractivity contribution in [1.29, 1.82) is 0 Å². The molecule has 0 unspecified atom stereocenters. The number of hydrogen-bond acceptors (Lipinski definition) is 6. The molecule has 0 bridgehead atoms. The van der Waals surface area contributed by atoms with Gasteiger partial charge in [0, 0.05) is 24.0 Å². The van der Waals surface area contributed by atoms with Crippen LogP contribution in [0, 0.1) is 0 Å². The van der Waals surface area contributed by atoms with E-state index in [9.17, 15) is 0 Å². The van der Waals surface area contributed by atoms with E-state index in [1.165, 1.54) is 24.8 Å². The fraction of sp³-hybridized carbons (Fsp3) is 0.381. The van der Waals surface area contributed by atoms with Gasteiger partial charge >= 0.3 is 0 Å². The molecule has 6 heteroatoms. The van der Waals surface area contributed by atoms with Crippen molar-refractivity contribution in [2.75, 3.05) is 13.7 Å². The molecule has 0 spiro atoms. The quantitative estimate of drug-likeness (QED) is 0.674. The number of nitrogens with zero attached hydrogens (tertiary/aromatic N) is 4. The number of benzene rings is 1. The Morgan fingerprint density at radius 3 is 2.81 bits per heavy atom. The normalized spacial score (nSPS) is 18.2. The molecule has 1 saturated heterocycles. The minimum atomic E-state index is 0.354. The number of likely N-dealkylation sites (tertiary alicyclic amines) is 1. The Morgan fingerprint density at radius 1 is 1.15 bits per heavy atom. The third-order valence-corrected chi connectivity index (χ3v) is 5.09. The highest BCUT2D eigenvalue weighted by Gasteiger charge is 2.24. The zero-order valence-electron chi connectivity index (χ0n) is 15.5. The van der Waals surface area contributed by atoms with Crippen LogP contribution in [0.2, 0.25) is 0 Å². The number of hydrogen-bond donors (Lipinski definition) is 0. The van der Waals surface area contributed by atoms with Crippen LogP contribution >= 0.6 is 0 Å². The summed E-state index contributed by atoms with van der Waals surface area (Å²) in [4.78, 5) is 11.2. The van der Waals surface area contributed by atoms with Crippen LogP contribution in [0.25, 0.3) is 11.4 Å². The molecule has 1 aromatic carbocycles. The van der Waals surface area contributed by atoms with Gasteiger partial charge in [0.05, 0.1) is 13.7 Å². The van der Waals surface area contributed by atoms with E-state index in [2.05, 4.69) is 32.2 Å². The molecule has 3 aromatic rings. The van der Waals surface area contributed by atoms with Gasteiger partial charge in [-0.15, -0.1) is 0 Å². The molecule has 6 nitrogen and oxygen atoms in total. The number of methoxy groups -OCH3 is 1. The number of ether oxygens (including phenoxy) is 1. The van der Waals surface area contributed by atoms with Crippen LogP contribution in [0.15, 0.2) is 53.3 Å². The molecule has 1 aliphatic heterocycles. The van der Waals surface area contributed by atoms with Gasteiger partial charge in [-0.05, 0) is 49.2 Å². The van der Waals surface area contributed by atoms with Gasteiger partial charge < -0.3 is 9.26 Å². The van der Waals surface area contributed by atoms with Crippen LogP contribution < -0.4 is 4.74 Å². The molecule has 3 heterocycles. The Hall–Kier alpha value is -2.73. The minimum Gasteiger partial charge on any atom is -0.497 e. The highest BCUT2D eigenvalue weighted by molar-refractivity contribution is 5.51. The third kappa shape index (κ3) is 4.17. The van der Waals surface area contributed by atoms with Gasteiger partial charge in [-0.2, -0.15) is 4.98 Å². The summed E-state index contributed by atoms with van der Waals surface area (Å²) >= 11 is 0. The molecule has 1 atom stereocenters. The zero-order chi connectivity index (χ0) is 18.5. The van der Waals surface area contributed by atoms with Gasteiger partial charge in [0.25, 0.3) is 0 Å². The first-order chi connectivity index (χ1) is 13.3. The molecule has 0 aliphatic carbocycles. The van der Waals surface area contributed by atoms with E-state index in [0.717, 1.165) is 24.3 Å². The molecule has 2 aromatic heterocycles. The van der Waals surface area contributed by atoms with Crippen molar-refractivity contribution in [3.05, 3.63) is 60.2 Å². The number of aromatic nitrogens is 3. The molecule has 0 radical (unpaired) electrons. The van der Waals surface area contributed by atoms with Gasteiger partial charge in [-0.3, -0.25) is 9.88 Å². The van der Waals surface area contributed by atoms with Gasteiger partial charge in [-0.1, -0.05) is 30.1 Å². The van der Waals surface area contributed by atoms with Crippen LogP contribution in [0.3, 0.4) is 0 Å². The summed E-state index contributed by atoms with van der Waals surface area (Å²) in [6.45, 7) is 1.69. The van der Waals surface area contributed by atoms with Crippen molar-refractivity contribution < 1.29 is 9.26 Å². The molecular weight excluding hydrogens is 340 g/mol. The summed E-state index contributed by atoms with van der Waals surface area (Å²) in [7, 11) is 1.70. The fourth-order valence-corrected chi connectivity index (χ4v) is 3.67. The van der Waals surface area contributed by atoms with Crippen molar-refractivity contribution in [2.45, 2.75) is 38.3 Å². The maximum absolute atomic E-state index is 5.53. The third-order valence-electron chi connectivity index (χ3n) is 5.09. The maximum atomic E-state index is 5.53.